The van der Waals surface area contributed by atoms with E-state index in [-0.39, 0.29) is 29.4 Å². The number of non-ortho nitro benzene ring substituents is 1. The van der Waals surface area contributed by atoms with E-state index in [9.17, 15) is 50.8 Å². The highest BCUT2D eigenvalue weighted by Crippen LogP contribution is 2.36. The summed E-state index contributed by atoms with van der Waals surface area (Å²) in [5, 5.41) is 10.6. The lowest BCUT2D eigenvalue weighted by Crippen LogP contribution is -2.43. The Kier molecular flexibility index (Phi) is 7.25. The molecule has 0 unspecified atom stereocenters. The Labute approximate surface area is 179 Å². The molecule has 2 N–H and O–H groups in total. The van der Waals surface area contributed by atoms with Gasteiger partial charge in [-0.25, -0.2) is 4.79 Å². The van der Waals surface area contributed by atoms with Gasteiger partial charge in [-0.05, 0) is 30.3 Å². The number of nitro groups is 1. The molecule has 0 aliphatic rings. The molecule has 0 bridgehead atoms. The largest absolute Gasteiger partial charge is 0.452 e. The van der Waals surface area contributed by atoms with Crippen molar-refractivity contribution in [3.8, 4) is 0 Å². The Balaban J connectivity index is 1.99. The molecule has 33 heavy (non-hydrogen) atoms. The number of ether oxygens (including phenoxy) is 1. The van der Waals surface area contributed by atoms with Crippen molar-refractivity contribution in [2.24, 2.45) is 0 Å². The molecule has 2 amide bonds. The maximum Gasteiger partial charge on any atom is 0.416 e. The highest BCUT2D eigenvalue weighted by molar-refractivity contribution is 5.96. The van der Waals surface area contributed by atoms with Gasteiger partial charge in [0.2, 0.25) is 0 Å². The van der Waals surface area contributed by atoms with Crippen molar-refractivity contribution in [3.05, 3.63) is 74.8 Å². The van der Waals surface area contributed by atoms with Crippen LogP contribution in [0, 0.1) is 10.1 Å². The predicted molar refractivity (Wildman–Crippen MR) is 95.4 cm³/mol. The first-order chi connectivity index (χ1) is 15.2. The molecule has 176 valence electrons. The van der Waals surface area contributed by atoms with Gasteiger partial charge in [-0.2, -0.15) is 26.3 Å². The number of nitrogens with one attached hydrogen (secondary N) is 2. The summed E-state index contributed by atoms with van der Waals surface area (Å²) in [7, 11) is 0. The van der Waals surface area contributed by atoms with Gasteiger partial charge < -0.3 is 4.74 Å². The van der Waals surface area contributed by atoms with Crippen LogP contribution in [0.5, 0.6) is 0 Å². The van der Waals surface area contributed by atoms with E-state index in [4.69, 9.17) is 0 Å². The Morgan fingerprint density at radius 1 is 0.848 bits per heavy atom. The minimum Gasteiger partial charge on any atom is -0.452 e. The van der Waals surface area contributed by atoms with Gasteiger partial charge in [0.05, 0.1) is 21.6 Å². The monoisotopic (exact) mass is 479 g/mol. The number of hydrogen-bond donors (Lipinski definition) is 2. The third-order valence-corrected chi connectivity index (χ3v) is 3.81. The second-order valence-corrected chi connectivity index (χ2v) is 6.18. The van der Waals surface area contributed by atoms with E-state index in [1.165, 1.54) is 0 Å². The van der Waals surface area contributed by atoms with E-state index in [1.807, 2.05) is 5.43 Å². The van der Waals surface area contributed by atoms with Gasteiger partial charge >= 0.3 is 18.3 Å². The summed E-state index contributed by atoms with van der Waals surface area (Å²) in [6.45, 7) is -1.16. The van der Waals surface area contributed by atoms with Crippen molar-refractivity contribution < 1.29 is 50.4 Å². The topological polar surface area (TPSA) is 128 Å². The fourth-order valence-corrected chi connectivity index (χ4v) is 2.26. The molecule has 0 saturated heterocycles. The van der Waals surface area contributed by atoms with Crippen molar-refractivity contribution in [2.45, 2.75) is 12.4 Å². The van der Waals surface area contributed by atoms with Gasteiger partial charge in [-0.15, -0.1) is 0 Å². The number of carbonyl (C=O) groups is 3. The maximum absolute atomic E-state index is 12.8. The summed E-state index contributed by atoms with van der Waals surface area (Å²) in [5.74, 6) is -3.75. The Morgan fingerprint density at radius 3 is 1.82 bits per heavy atom. The first-order valence-corrected chi connectivity index (χ1v) is 8.48. The molecular formula is C18H11F6N3O6. The van der Waals surface area contributed by atoms with Crippen LogP contribution in [0.4, 0.5) is 32.0 Å². The van der Waals surface area contributed by atoms with Crippen LogP contribution in [0.1, 0.15) is 31.8 Å². The zero-order valence-corrected chi connectivity index (χ0v) is 15.9. The predicted octanol–water partition coefficient (Wildman–Crippen LogP) is 3.25. The van der Waals surface area contributed by atoms with Crippen molar-refractivity contribution in [2.75, 3.05) is 6.61 Å². The molecule has 15 heteroatoms. The number of nitro benzene ring substituents is 1. The number of alkyl halides is 6. The van der Waals surface area contributed by atoms with Gasteiger partial charge in [-0.3, -0.25) is 30.6 Å². The summed E-state index contributed by atoms with van der Waals surface area (Å²) in [5.41, 5.74) is -1.33. The first-order valence-electron chi connectivity index (χ1n) is 8.48. The van der Waals surface area contributed by atoms with Gasteiger partial charge in [0.25, 0.3) is 17.5 Å². The highest BCUT2D eigenvalue weighted by atomic mass is 19.4. The molecule has 0 heterocycles. The quantitative estimate of drug-likeness (QED) is 0.293. The second-order valence-electron chi connectivity index (χ2n) is 6.18. The first kappa shape index (κ1) is 25.1. The van der Waals surface area contributed by atoms with Crippen LogP contribution in [-0.2, 0) is 21.9 Å². The maximum atomic E-state index is 12.8. The SMILES string of the molecule is O=C(COC(=O)c1cc(C(F)(F)F)cc(C(F)(F)F)c1)NNC(=O)c1ccc([N+](=O)[O-])cc1. The van der Waals surface area contributed by atoms with Crippen molar-refractivity contribution >= 4 is 23.5 Å². The fourth-order valence-electron chi connectivity index (χ4n) is 2.26. The third kappa shape index (κ3) is 6.91. The summed E-state index contributed by atoms with van der Waals surface area (Å²) in [6.07, 6.45) is -10.4. The minimum absolute atomic E-state index is 0.0958. The average molecular weight is 479 g/mol. The van der Waals surface area contributed by atoms with E-state index in [2.05, 4.69) is 4.74 Å². The zero-order chi connectivity index (χ0) is 25.0. The Hall–Kier alpha value is -4.17. The second kappa shape index (κ2) is 9.54. The van der Waals surface area contributed by atoms with Crippen molar-refractivity contribution in [1.29, 1.82) is 0 Å². The van der Waals surface area contributed by atoms with E-state index in [1.54, 1.807) is 5.43 Å². The lowest BCUT2D eigenvalue weighted by molar-refractivity contribution is -0.384. The number of rotatable bonds is 5. The van der Waals surface area contributed by atoms with Gasteiger partial charge in [0.15, 0.2) is 6.61 Å². The van der Waals surface area contributed by atoms with Crippen LogP contribution >= 0.6 is 0 Å². The molecule has 0 saturated carbocycles. The third-order valence-electron chi connectivity index (χ3n) is 3.81. The standard InChI is InChI=1S/C18H11F6N3O6/c19-17(20,21)11-5-10(6-12(7-11)18(22,23)24)16(30)33-8-14(28)25-26-15(29)9-1-3-13(4-2-9)27(31)32/h1-7H,8H2,(H,25,28)(H,26,29). The van der Waals surface area contributed by atoms with Gasteiger partial charge in [0.1, 0.15) is 0 Å². The summed E-state index contributed by atoms with van der Waals surface area (Å²) in [6, 6.07) is 4.26. The lowest BCUT2D eigenvalue weighted by Gasteiger charge is -2.14. The Bertz CT molecular complexity index is 1050. The van der Waals surface area contributed by atoms with Crippen molar-refractivity contribution in [1.82, 2.24) is 10.9 Å². The number of halogens is 6. The van der Waals surface area contributed by atoms with Crippen molar-refractivity contribution in [3.63, 3.8) is 0 Å². The van der Waals surface area contributed by atoms with Crippen LogP contribution in [0.3, 0.4) is 0 Å². The average Bonchev–Trinajstić information content (AvgIpc) is 2.74. The molecular weight excluding hydrogens is 468 g/mol. The number of nitrogens with zero attached hydrogens (tertiary/aromatic N) is 1. The van der Waals surface area contributed by atoms with Crippen LogP contribution in [0.15, 0.2) is 42.5 Å². The Morgan fingerprint density at radius 2 is 1.36 bits per heavy atom. The number of amides is 2. The molecule has 2 rings (SSSR count). The highest BCUT2D eigenvalue weighted by Gasteiger charge is 2.37. The van der Waals surface area contributed by atoms with Gasteiger partial charge in [-0.1, -0.05) is 0 Å². The summed E-state index contributed by atoms with van der Waals surface area (Å²) >= 11 is 0. The summed E-state index contributed by atoms with van der Waals surface area (Å²) in [4.78, 5) is 45.2. The van der Waals surface area contributed by atoms with Crippen LogP contribution in [-0.4, -0.2) is 29.3 Å². The molecule has 0 aromatic heterocycles. The van der Waals surface area contributed by atoms with Crippen LogP contribution < -0.4 is 10.9 Å². The molecule has 0 fully saturated rings. The number of hydrazine groups is 1. The van der Waals surface area contributed by atoms with Crippen LogP contribution in [0.2, 0.25) is 0 Å². The smallest absolute Gasteiger partial charge is 0.416 e. The van der Waals surface area contributed by atoms with E-state index in [0.717, 1.165) is 24.3 Å². The molecule has 2 aromatic rings. The normalized spacial score (nSPS) is 11.5. The molecule has 9 nitrogen and oxygen atoms in total. The fraction of sp³-hybridized carbons (Fsp3) is 0.167. The van der Waals surface area contributed by atoms with E-state index in [0.29, 0.717) is 0 Å². The number of carbonyl (C=O) groups excluding carboxylic acids is 3. The molecule has 0 aliphatic heterocycles. The minimum atomic E-state index is -5.18. The molecule has 0 spiro atoms. The number of esters is 1. The molecule has 0 aliphatic carbocycles. The van der Waals surface area contributed by atoms with Crippen LogP contribution in [0.25, 0.3) is 0 Å². The molecule has 0 radical (unpaired) electrons. The molecule has 2 aromatic carbocycles. The summed E-state index contributed by atoms with van der Waals surface area (Å²) < 4.78 is 81.4. The molecule has 0 atom stereocenters. The van der Waals surface area contributed by atoms with Gasteiger partial charge in [0, 0.05) is 17.7 Å². The number of benzene rings is 2. The van der Waals surface area contributed by atoms with E-state index < -0.39 is 58.4 Å². The zero-order valence-electron chi connectivity index (χ0n) is 15.9. The lowest BCUT2D eigenvalue weighted by atomic mass is 10.0. The van der Waals surface area contributed by atoms with E-state index >= 15 is 0 Å². The number of hydrogen-bond acceptors (Lipinski definition) is 6.